The third-order valence-electron chi connectivity index (χ3n) is 4.31. The van der Waals surface area contributed by atoms with Gasteiger partial charge < -0.3 is 19.3 Å². The van der Waals surface area contributed by atoms with Gasteiger partial charge in [-0.3, -0.25) is 0 Å². The number of cyclic esters (lactones) is 2. The Morgan fingerprint density at radius 1 is 0.735 bits per heavy atom. The lowest BCUT2D eigenvalue weighted by atomic mass is 10.1. The summed E-state index contributed by atoms with van der Waals surface area (Å²) >= 11 is 0. The first-order valence-corrected chi connectivity index (χ1v) is 11.3. The summed E-state index contributed by atoms with van der Waals surface area (Å²) in [6.45, 7) is 6.91. The fraction of sp³-hybridized carbons (Fsp3) is 0.385. The van der Waals surface area contributed by atoms with Gasteiger partial charge in [-0.15, -0.1) is 0 Å². The molecule has 1 aliphatic rings. The fourth-order valence-corrected chi connectivity index (χ4v) is 2.58. The first kappa shape index (κ1) is 28.5. The van der Waals surface area contributed by atoms with Crippen molar-refractivity contribution >= 4 is 23.9 Å². The zero-order valence-electron chi connectivity index (χ0n) is 19.9. The first-order chi connectivity index (χ1) is 16.4. The summed E-state index contributed by atoms with van der Waals surface area (Å²) in [5.41, 5.74) is 1.23. The lowest BCUT2D eigenvalue weighted by Crippen LogP contribution is -2.14. The van der Waals surface area contributed by atoms with Crippen LogP contribution >= 0.6 is 0 Å². The van der Waals surface area contributed by atoms with Crippen LogP contribution in [0.4, 0.5) is 0 Å². The maximum atomic E-state index is 11.8. The van der Waals surface area contributed by atoms with Gasteiger partial charge in [-0.25, -0.2) is 19.2 Å². The fourth-order valence-electron chi connectivity index (χ4n) is 2.58. The molecule has 8 nitrogen and oxygen atoms in total. The predicted octanol–water partition coefficient (Wildman–Crippen LogP) is 4.60. The van der Waals surface area contributed by atoms with Crippen molar-refractivity contribution in [1.82, 2.24) is 0 Å². The van der Waals surface area contributed by atoms with Crippen LogP contribution in [-0.4, -0.2) is 48.8 Å². The summed E-state index contributed by atoms with van der Waals surface area (Å²) in [5, 5.41) is 8.07. The number of aliphatic hydroxyl groups excluding tert-OH is 1. The van der Waals surface area contributed by atoms with Crippen molar-refractivity contribution < 1.29 is 38.5 Å². The molecule has 0 spiro atoms. The highest BCUT2D eigenvalue weighted by Crippen LogP contribution is 2.18. The van der Waals surface area contributed by atoms with E-state index in [2.05, 4.69) is 11.7 Å². The second-order valence-electron chi connectivity index (χ2n) is 7.12. The SMILES string of the molecule is CCCCO.CCCOC(=O)c1ccccc1C(=O)OCCC.O=C1OC(=O)c2ccccc21. The summed E-state index contributed by atoms with van der Waals surface area (Å²) in [6, 6.07) is 13.1. The molecule has 1 heterocycles. The van der Waals surface area contributed by atoms with Crippen LogP contribution in [0, 0.1) is 0 Å². The number of ether oxygens (including phenoxy) is 3. The van der Waals surface area contributed by atoms with Gasteiger partial charge in [0, 0.05) is 6.61 Å². The Labute approximate surface area is 199 Å². The number of aliphatic hydroxyl groups is 1. The molecule has 0 saturated heterocycles. The van der Waals surface area contributed by atoms with E-state index >= 15 is 0 Å². The van der Waals surface area contributed by atoms with Gasteiger partial charge in [-0.05, 0) is 43.5 Å². The summed E-state index contributed by atoms with van der Waals surface area (Å²) < 4.78 is 14.4. The molecule has 0 unspecified atom stereocenters. The van der Waals surface area contributed by atoms with Gasteiger partial charge in [0.25, 0.3) is 0 Å². The van der Waals surface area contributed by atoms with Crippen LogP contribution in [0.1, 0.15) is 87.9 Å². The number of carbonyl (C=O) groups is 4. The number of unbranched alkanes of at least 4 members (excludes halogenated alkanes) is 1. The Balaban J connectivity index is 0.000000303. The van der Waals surface area contributed by atoms with Crippen LogP contribution in [0.25, 0.3) is 0 Å². The van der Waals surface area contributed by atoms with Gasteiger partial charge in [0.15, 0.2) is 0 Å². The second kappa shape index (κ2) is 16.1. The summed E-state index contributed by atoms with van der Waals surface area (Å²) in [4.78, 5) is 45.2. The molecule has 0 aromatic heterocycles. The molecule has 3 rings (SSSR count). The van der Waals surface area contributed by atoms with Gasteiger partial charge in [0.1, 0.15) is 0 Å². The smallest absolute Gasteiger partial charge is 0.346 e. The molecular formula is C26H32O8. The Kier molecular flexibility index (Phi) is 13.5. The normalized spacial score (nSPS) is 11.2. The maximum absolute atomic E-state index is 11.8. The number of benzene rings is 2. The Hall–Kier alpha value is -3.52. The van der Waals surface area contributed by atoms with Crippen LogP contribution in [0.3, 0.4) is 0 Å². The topological polar surface area (TPSA) is 116 Å². The molecule has 0 amide bonds. The number of fused-ring (bicyclic) bond motifs is 1. The lowest BCUT2D eigenvalue weighted by Gasteiger charge is -2.08. The molecule has 0 fully saturated rings. The maximum Gasteiger partial charge on any atom is 0.346 e. The molecule has 0 radical (unpaired) electrons. The van der Waals surface area contributed by atoms with E-state index in [0.717, 1.165) is 25.7 Å². The van der Waals surface area contributed by atoms with E-state index in [0.29, 0.717) is 30.9 Å². The summed E-state index contributed by atoms with van der Waals surface area (Å²) in [7, 11) is 0. The number of carbonyl (C=O) groups excluding carboxylic acids is 4. The Morgan fingerprint density at radius 2 is 1.15 bits per heavy atom. The highest BCUT2D eigenvalue weighted by molar-refractivity contribution is 6.14. The standard InChI is InChI=1S/C14H18O4.C8H4O3.C4H10O/c1-3-9-17-13(15)11-7-5-6-8-12(11)14(16)18-10-4-2;9-7-5-3-1-2-4-6(5)8(10)11-7;1-2-3-4-5/h5-8H,3-4,9-10H2,1-2H3;1-4H;5H,2-4H2,1H3. The molecule has 0 aliphatic carbocycles. The lowest BCUT2D eigenvalue weighted by molar-refractivity contribution is 0.0440. The molecule has 184 valence electrons. The van der Waals surface area contributed by atoms with Crippen molar-refractivity contribution in [2.75, 3.05) is 19.8 Å². The summed E-state index contributed by atoms with van der Waals surface area (Å²) in [5.74, 6) is -2.07. The van der Waals surface area contributed by atoms with Crippen LogP contribution in [0.2, 0.25) is 0 Å². The number of hydrogen-bond donors (Lipinski definition) is 1. The van der Waals surface area contributed by atoms with Gasteiger partial charge >= 0.3 is 23.9 Å². The molecule has 0 saturated carbocycles. The number of esters is 4. The van der Waals surface area contributed by atoms with Gasteiger partial charge in [0.05, 0.1) is 35.5 Å². The minimum Gasteiger partial charge on any atom is -0.462 e. The zero-order chi connectivity index (χ0) is 25.3. The monoisotopic (exact) mass is 472 g/mol. The summed E-state index contributed by atoms with van der Waals surface area (Å²) in [6.07, 6.45) is 3.53. The van der Waals surface area contributed by atoms with Crippen molar-refractivity contribution in [1.29, 1.82) is 0 Å². The van der Waals surface area contributed by atoms with Crippen LogP contribution < -0.4 is 0 Å². The van der Waals surface area contributed by atoms with Crippen molar-refractivity contribution in [2.45, 2.75) is 46.5 Å². The van der Waals surface area contributed by atoms with E-state index in [1.54, 1.807) is 48.5 Å². The third-order valence-corrected chi connectivity index (χ3v) is 4.31. The third kappa shape index (κ3) is 9.15. The van der Waals surface area contributed by atoms with E-state index in [9.17, 15) is 19.2 Å². The van der Waals surface area contributed by atoms with E-state index in [1.807, 2.05) is 13.8 Å². The van der Waals surface area contributed by atoms with Crippen LogP contribution in [-0.2, 0) is 14.2 Å². The van der Waals surface area contributed by atoms with Crippen molar-refractivity contribution in [2.24, 2.45) is 0 Å². The molecule has 8 heteroatoms. The van der Waals surface area contributed by atoms with Crippen LogP contribution in [0.5, 0.6) is 0 Å². The Bertz CT molecular complexity index is 877. The molecule has 0 bridgehead atoms. The van der Waals surface area contributed by atoms with E-state index in [4.69, 9.17) is 14.6 Å². The van der Waals surface area contributed by atoms with Crippen molar-refractivity contribution in [3.8, 4) is 0 Å². The molecule has 34 heavy (non-hydrogen) atoms. The molecule has 2 aromatic rings. The van der Waals surface area contributed by atoms with Gasteiger partial charge in [-0.2, -0.15) is 0 Å². The number of hydrogen-bond acceptors (Lipinski definition) is 8. The largest absolute Gasteiger partial charge is 0.462 e. The zero-order valence-corrected chi connectivity index (χ0v) is 19.9. The van der Waals surface area contributed by atoms with Gasteiger partial charge in [-0.1, -0.05) is 51.5 Å². The number of rotatable bonds is 8. The highest BCUT2D eigenvalue weighted by Gasteiger charge is 2.28. The minimum atomic E-state index is -0.550. The molecule has 1 N–H and O–H groups in total. The van der Waals surface area contributed by atoms with Crippen LogP contribution in [0.15, 0.2) is 48.5 Å². The average Bonchev–Trinajstić information content (AvgIpc) is 3.15. The van der Waals surface area contributed by atoms with Gasteiger partial charge in [0.2, 0.25) is 0 Å². The van der Waals surface area contributed by atoms with Crippen molar-refractivity contribution in [3.63, 3.8) is 0 Å². The van der Waals surface area contributed by atoms with E-state index in [-0.39, 0.29) is 11.1 Å². The highest BCUT2D eigenvalue weighted by atomic mass is 16.6. The van der Waals surface area contributed by atoms with E-state index in [1.165, 1.54) is 0 Å². The Morgan fingerprint density at radius 3 is 1.47 bits per heavy atom. The first-order valence-electron chi connectivity index (χ1n) is 11.3. The molecule has 0 atom stereocenters. The predicted molar refractivity (Wildman–Crippen MR) is 126 cm³/mol. The molecule has 1 aliphatic heterocycles. The average molecular weight is 473 g/mol. The molecule has 2 aromatic carbocycles. The second-order valence-corrected chi connectivity index (χ2v) is 7.12. The van der Waals surface area contributed by atoms with E-state index < -0.39 is 23.9 Å². The molecular weight excluding hydrogens is 440 g/mol. The quantitative estimate of drug-likeness (QED) is 0.337. The van der Waals surface area contributed by atoms with Crippen molar-refractivity contribution in [3.05, 3.63) is 70.8 Å². The minimum absolute atomic E-state index is 0.257.